The van der Waals surface area contributed by atoms with Crippen molar-refractivity contribution in [3.63, 3.8) is 0 Å². The first-order valence-corrected chi connectivity index (χ1v) is 8.49. The van der Waals surface area contributed by atoms with Crippen LogP contribution in [-0.2, 0) is 6.42 Å². The van der Waals surface area contributed by atoms with Gasteiger partial charge in [-0.15, -0.1) is 0 Å². The molecule has 1 saturated carbocycles. The Morgan fingerprint density at radius 3 is 2.48 bits per heavy atom. The third kappa shape index (κ3) is 3.09. The summed E-state index contributed by atoms with van der Waals surface area (Å²) in [5, 5.41) is 9.65. The highest BCUT2D eigenvalue weighted by molar-refractivity contribution is 5.28. The van der Waals surface area contributed by atoms with E-state index in [9.17, 15) is 5.11 Å². The van der Waals surface area contributed by atoms with Gasteiger partial charge in [0.1, 0.15) is 5.75 Å². The van der Waals surface area contributed by atoms with Crippen LogP contribution in [0.25, 0.3) is 0 Å². The molecule has 3 rings (SSSR count). The number of phenols is 1. The molecule has 0 aromatic heterocycles. The lowest BCUT2D eigenvalue weighted by atomic mass is 9.82. The Kier molecular flexibility index (Phi) is 4.51. The van der Waals surface area contributed by atoms with E-state index in [-0.39, 0.29) is 11.6 Å². The van der Waals surface area contributed by atoms with E-state index >= 15 is 0 Å². The van der Waals surface area contributed by atoms with Gasteiger partial charge in [0.2, 0.25) is 0 Å². The Labute approximate surface area is 128 Å². The molecule has 3 heteroatoms. The number of nitrogens with zero attached hydrogens (tertiary/aromatic N) is 1. The molecule has 1 aliphatic heterocycles. The fourth-order valence-electron chi connectivity index (χ4n) is 4.38. The Morgan fingerprint density at radius 2 is 1.81 bits per heavy atom. The van der Waals surface area contributed by atoms with Crippen LogP contribution in [0.2, 0.25) is 0 Å². The van der Waals surface area contributed by atoms with Crippen LogP contribution in [0.4, 0.5) is 0 Å². The number of benzene rings is 1. The highest BCUT2D eigenvalue weighted by Crippen LogP contribution is 2.40. The molecule has 0 radical (unpaired) electrons. The maximum atomic E-state index is 9.65. The van der Waals surface area contributed by atoms with Gasteiger partial charge in [0, 0.05) is 11.6 Å². The predicted molar refractivity (Wildman–Crippen MR) is 86.4 cm³/mol. The van der Waals surface area contributed by atoms with Crippen LogP contribution in [0.15, 0.2) is 24.3 Å². The average molecular weight is 288 g/mol. The summed E-state index contributed by atoms with van der Waals surface area (Å²) in [7, 11) is 0. The van der Waals surface area contributed by atoms with Gasteiger partial charge in [-0.3, -0.25) is 4.90 Å². The quantitative estimate of drug-likeness (QED) is 0.895. The van der Waals surface area contributed by atoms with Gasteiger partial charge in [-0.1, -0.05) is 31.4 Å². The Hall–Kier alpha value is -1.06. The molecule has 21 heavy (non-hydrogen) atoms. The standard InChI is InChI=1S/C18H28N2O/c19-17(14-15-7-6-8-16(21)13-15)18(9-2-3-10-18)20-11-4-1-5-12-20/h6-8,13,17,21H,1-5,9-12,14,19H2. The van der Waals surface area contributed by atoms with Gasteiger partial charge in [0.05, 0.1) is 0 Å². The number of phenolic OH excluding ortho intramolecular Hbond substituents is 1. The number of likely N-dealkylation sites (tertiary alicyclic amines) is 1. The molecule has 1 saturated heterocycles. The fraction of sp³-hybridized carbons (Fsp3) is 0.667. The molecule has 0 bridgehead atoms. The highest BCUT2D eigenvalue weighted by Gasteiger charge is 2.44. The first-order valence-electron chi connectivity index (χ1n) is 8.49. The van der Waals surface area contributed by atoms with Gasteiger partial charge in [-0.25, -0.2) is 0 Å². The largest absolute Gasteiger partial charge is 0.508 e. The van der Waals surface area contributed by atoms with Crippen molar-refractivity contribution in [1.82, 2.24) is 4.90 Å². The van der Waals surface area contributed by atoms with E-state index in [2.05, 4.69) is 11.0 Å². The van der Waals surface area contributed by atoms with E-state index in [0.29, 0.717) is 5.75 Å². The van der Waals surface area contributed by atoms with Crippen LogP contribution in [-0.4, -0.2) is 34.7 Å². The highest BCUT2D eigenvalue weighted by atomic mass is 16.3. The molecule has 0 spiro atoms. The topological polar surface area (TPSA) is 49.5 Å². The second-order valence-electron chi connectivity index (χ2n) is 6.84. The molecule has 3 nitrogen and oxygen atoms in total. The summed E-state index contributed by atoms with van der Waals surface area (Å²) < 4.78 is 0. The van der Waals surface area contributed by atoms with Crippen molar-refractivity contribution in [3.8, 4) is 5.75 Å². The Bertz CT molecular complexity index is 462. The first kappa shape index (κ1) is 14.9. The van der Waals surface area contributed by atoms with Crippen LogP contribution in [0.3, 0.4) is 0 Å². The summed E-state index contributed by atoms with van der Waals surface area (Å²) in [5.74, 6) is 0.346. The lowest BCUT2D eigenvalue weighted by molar-refractivity contribution is 0.0482. The van der Waals surface area contributed by atoms with E-state index in [1.807, 2.05) is 12.1 Å². The Balaban J connectivity index is 1.76. The van der Waals surface area contributed by atoms with Crippen molar-refractivity contribution in [2.24, 2.45) is 5.73 Å². The second-order valence-corrected chi connectivity index (χ2v) is 6.84. The fourth-order valence-corrected chi connectivity index (χ4v) is 4.38. The number of hydrogen-bond acceptors (Lipinski definition) is 3. The summed E-state index contributed by atoms with van der Waals surface area (Å²) in [6.45, 7) is 2.43. The summed E-state index contributed by atoms with van der Waals surface area (Å²) in [4.78, 5) is 2.69. The summed E-state index contributed by atoms with van der Waals surface area (Å²) in [5.41, 5.74) is 8.06. The molecular formula is C18H28N2O. The molecular weight excluding hydrogens is 260 g/mol. The molecule has 2 fully saturated rings. The molecule has 1 atom stereocenters. The smallest absolute Gasteiger partial charge is 0.115 e. The van der Waals surface area contributed by atoms with Crippen LogP contribution in [0.1, 0.15) is 50.5 Å². The zero-order valence-electron chi connectivity index (χ0n) is 12.9. The molecule has 3 N–H and O–H groups in total. The number of rotatable bonds is 4. The van der Waals surface area contributed by atoms with Crippen molar-refractivity contribution in [1.29, 1.82) is 0 Å². The lowest BCUT2D eigenvalue weighted by Gasteiger charge is -2.47. The number of nitrogens with two attached hydrogens (primary N) is 1. The van der Waals surface area contributed by atoms with Gasteiger partial charge in [0.15, 0.2) is 0 Å². The van der Waals surface area contributed by atoms with Crippen LogP contribution in [0.5, 0.6) is 5.75 Å². The van der Waals surface area contributed by atoms with Gasteiger partial charge in [-0.05, 0) is 62.9 Å². The zero-order valence-corrected chi connectivity index (χ0v) is 12.9. The SMILES string of the molecule is NC(Cc1cccc(O)c1)C1(N2CCCCC2)CCCC1. The Morgan fingerprint density at radius 1 is 1.10 bits per heavy atom. The van der Waals surface area contributed by atoms with Crippen LogP contribution >= 0.6 is 0 Å². The lowest BCUT2D eigenvalue weighted by Crippen LogP contribution is -2.60. The van der Waals surface area contributed by atoms with E-state index in [4.69, 9.17) is 5.73 Å². The maximum absolute atomic E-state index is 9.65. The molecule has 1 aromatic carbocycles. The van der Waals surface area contributed by atoms with Gasteiger partial charge >= 0.3 is 0 Å². The van der Waals surface area contributed by atoms with E-state index in [1.165, 1.54) is 58.0 Å². The second kappa shape index (κ2) is 6.37. The number of piperidine rings is 1. The normalized spacial score (nSPS) is 24.0. The summed E-state index contributed by atoms with van der Waals surface area (Å²) >= 11 is 0. The van der Waals surface area contributed by atoms with Gasteiger partial charge in [0.25, 0.3) is 0 Å². The molecule has 0 amide bonds. The first-order chi connectivity index (χ1) is 10.2. The third-order valence-corrected chi connectivity index (χ3v) is 5.51. The minimum Gasteiger partial charge on any atom is -0.508 e. The minimum absolute atomic E-state index is 0.167. The van der Waals surface area contributed by atoms with Crippen LogP contribution in [0, 0.1) is 0 Å². The predicted octanol–water partition coefficient (Wildman–Crippen LogP) is 3.06. The third-order valence-electron chi connectivity index (χ3n) is 5.51. The molecule has 116 valence electrons. The van der Waals surface area contributed by atoms with E-state index in [1.54, 1.807) is 6.07 Å². The average Bonchev–Trinajstić information content (AvgIpc) is 2.99. The maximum Gasteiger partial charge on any atom is 0.115 e. The number of aromatic hydroxyl groups is 1. The van der Waals surface area contributed by atoms with Crippen molar-refractivity contribution in [2.75, 3.05) is 13.1 Å². The summed E-state index contributed by atoms with van der Waals surface area (Å²) in [6, 6.07) is 7.75. The molecule has 1 aliphatic carbocycles. The molecule has 1 unspecified atom stereocenters. The summed E-state index contributed by atoms with van der Waals surface area (Å²) in [6.07, 6.45) is 9.98. The van der Waals surface area contributed by atoms with Gasteiger partial charge in [-0.2, -0.15) is 0 Å². The van der Waals surface area contributed by atoms with Crippen LogP contribution < -0.4 is 5.73 Å². The van der Waals surface area contributed by atoms with Crippen molar-refractivity contribution >= 4 is 0 Å². The van der Waals surface area contributed by atoms with Gasteiger partial charge < -0.3 is 10.8 Å². The van der Waals surface area contributed by atoms with E-state index in [0.717, 1.165) is 12.0 Å². The van der Waals surface area contributed by atoms with E-state index < -0.39 is 0 Å². The number of hydrogen-bond donors (Lipinski definition) is 2. The van der Waals surface area contributed by atoms with Crippen molar-refractivity contribution in [2.45, 2.75) is 62.9 Å². The monoisotopic (exact) mass is 288 g/mol. The molecule has 1 heterocycles. The zero-order chi connectivity index (χ0) is 14.7. The van der Waals surface area contributed by atoms with Crippen molar-refractivity contribution < 1.29 is 5.11 Å². The van der Waals surface area contributed by atoms with Crippen molar-refractivity contribution in [3.05, 3.63) is 29.8 Å². The molecule has 1 aromatic rings. The minimum atomic E-state index is 0.167. The molecule has 2 aliphatic rings.